The van der Waals surface area contributed by atoms with Crippen LogP contribution in [0.4, 0.5) is 5.69 Å². The van der Waals surface area contributed by atoms with Crippen LogP contribution in [-0.4, -0.2) is 16.2 Å². The molecule has 0 amide bonds. The lowest BCUT2D eigenvalue weighted by molar-refractivity contribution is 0.0694. The summed E-state index contributed by atoms with van der Waals surface area (Å²) in [7, 11) is 0. The van der Waals surface area contributed by atoms with E-state index in [1.54, 1.807) is 30.3 Å². The van der Waals surface area contributed by atoms with E-state index in [4.69, 9.17) is 15.6 Å². The Morgan fingerprint density at radius 3 is 1.84 bits per heavy atom. The van der Waals surface area contributed by atoms with E-state index < -0.39 is 12.1 Å². The summed E-state index contributed by atoms with van der Waals surface area (Å²) in [6, 6.07) is 31.1. The van der Waals surface area contributed by atoms with Crippen LogP contribution in [0.2, 0.25) is 0 Å². The molecule has 0 aliphatic heterocycles. The molecule has 0 radical (unpaired) electrons. The number of benzene rings is 4. The normalized spacial score (nSPS) is 10.2. The van der Waals surface area contributed by atoms with Crippen molar-refractivity contribution in [1.29, 1.82) is 0 Å². The third-order valence-corrected chi connectivity index (χ3v) is 4.73. The van der Waals surface area contributed by atoms with E-state index in [9.17, 15) is 9.90 Å². The van der Waals surface area contributed by atoms with Crippen LogP contribution >= 0.6 is 0 Å². The SMILES string of the molecule is Cc1ccc(Oc2ccccc2C(=O)O)c(N)c1.OC(c1ccccc1)c1ccccc1. The van der Waals surface area contributed by atoms with Crippen LogP contribution < -0.4 is 10.5 Å². The summed E-state index contributed by atoms with van der Waals surface area (Å²) in [5.41, 5.74) is 9.29. The molecular weight excluding hydrogens is 402 g/mol. The molecule has 0 heterocycles. The van der Waals surface area contributed by atoms with Gasteiger partial charge < -0.3 is 20.7 Å². The number of carboxylic acids is 1. The second-order valence-electron chi connectivity index (χ2n) is 7.17. The Hall–Kier alpha value is -4.09. The van der Waals surface area contributed by atoms with E-state index in [2.05, 4.69) is 0 Å². The molecule has 162 valence electrons. The first-order chi connectivity index (χ1) is 15.5. The minimum atomic E-state index is -1.03. The molecular formula is C27H25NO4. The quantitative estimate of drug-likeness (QED) is 0.348. The van der Waals surface area contributed by atoms with Gasteiger partial charge in [0.15, 0.2) is 0 Å². The first-order valence-electron chi connectivity index (χ1n) is 10.1. The van der Waals surface area contributed by atoms with Gasteiger partial charge in [-0.05, 0) is 47.9 Å². The molecule has 0 unspecified atom stereocenters. The van der Waals surface area contributed by atoms with Gasteiger partial charge in [-0.2, -0.15) is 0 Å². The number of rotatable bonds is 5. The average molecular weight is 428 g/mol. The molecule has 0 aromatic heterocycles. The zero-order valence-corrected chi connectivity index (χ0v) is 17.7. The second kappa shape index (κ2) is 10.8. The third kappa shape index (κ3) is 5.97. The largest absolute Gasteiger partial charge is 0.478 e. The zero-order chi connectivity index (χ0) is 22.9. The van der Waals surface area contributed by atoms with Gasteiger partial charge in [0, 0.05) is 0 Å². The predicted molar refractivity (Wildman–Crippen MR) is 126 cm³/mol. The van der Waals surface area contributed by atoms with E-state index in [1.165, 1.54) is 6.07 Å². The molecule has 4 N–H and O–H groups in total. The van der Waals surface area contributed by atoms with E-state index in [0.717, 1.165) is 16.7 Å². The number of carbonyl (C=O) groups is 1. The van der Waals surface area contributed by atoms with Crippen molar-refractivity contribution in [2.75, 3.05) is 5.73 Å². The zero-order valence-electron chi connectivity index (χ0n) is 17.7. The van der Waals surface area contributed by atoms with Gasteiger partial charge in [-0.15, -0.1) is 0 Å². The lowest BCUT2D eigenvalue weighted by Crippen LogP contribution is -2.00. The van der Waals surface area contributed by atoms with Crippen LogP contribution in [0.5, 0.6) is 11.5 Å². The van der Waals surface area contributed by atoms with Crippen LogP contribution in [0, 0.1) is 6.92 Å². The fourth-order valence-corrected chi connectivity index (χ4v) is 3.07. The maximum atomic E-state index is 11.0. The molecule has 0 bridgehead atoms. The molecule has 4 aromatic carbocycles. The molecule has 0 atom stereocenters. The number of hydrogen-bond acceptors (Lipinski definition) is 4. The highest BCUT2D eigenvalue weighted by Gasteiger charge is 2.12. The van der Waals surface area contributed by atoms with E-state index in [0.29, 0.717) is 11.4 Å². The van der Waals surface area contributed by atoms with Crippen molar-refractivity contribution in [3.63, 3.8) is 0 Å². The van der Waals surface area contributed by atoms with Gasteiger partial charge in [0.1, 0.15) is 23.2 Å². The van der Waals surface area contributed by atoms with E-state index in [1.807, 2.05) is 73.7 Å². The fourth-order valence-electron chi connectivity index (χ4n) is 3.07. The fraction of sp³-hybridized carbons (Fsp3) is 0.0741. The molecule has 5 heteroatoms. The highest BCUT2D eigenvalue weighted by molar-refractivity contribution is 5.91. The number of aromatic carboxylic acids is 1. The number of aliphatic hydroxyl groups is 1. The minimum absolute atomic E-state index is 0.109. The van der Waals surface area contributed by atoms with Crippen molar-refractivity contribution in [3.8, 4) is 11.5 Å². The molecule has 0 fully saturated rings. The smallest absolute Gasteiger partial charge is 0.339 e. The Morgan fingerprint density at radius 2 is 1.31 bits per heavy atom. The van der Waals surface area contributed by atoms with Crippen molar-refractivity contribution in [3.05, 3.63) is 125 Å². The number of anilines is 1. The van der Waals surface area contributed by atoms with Gasteiger partial charge in [0.25, 0.3) is 0 Å². The number of carboxylic acid groups (broad SMARTS) is 1. The second-order valence-corrected chi connectivity index (χ2v) is 7.17. The number of aryl methyl sites for hydroxylation is 1. The molecule has 0 saturated heterocycles. The summed E-state index contributed by atoms with van der Waals surface area (Å²) in [6.07, 6.45) is -0.516. The number of aliphatic hydroxyl groups excluding tert-OH is 1. The summed E-state index contributed by atoms with van der Waals surface area (Å²) in [4.78, 5) is 11.0. The standard InChI is InChI=1S/C14H13NO3.C13H12O/c1-9-6-7-13(11(15)8-9)18-12-5-3-2-4-10(12)14(16)17;14-13(11-7-3-1-4-8-11)12-9-5-2-6-10-12/h2-8H,15H2,1H3,(H,16,17);1-10,13-14H. The summed E-state index contributed by atoms with van der Waals surface area (Å²) < 4.78 is 5.55. The molecule has 4 rings (SSSR count). The number of hydrogen-bond donors (Lipinski definition) is 3. The van der Waals surface area contributed by atoms with Gasteiger partial charge in [0.05, 0.1) is 5.69 Å². The molecule has 4 aromatic rings. The van der Waals surface area contributed by atoms with E-state index in [-0.39, 0.29) is 11.3 Å². The molecule has 5 nitrogen and oxygen atoms in total. The lowest BCUT2D eigenvalue weighted by atomic mass is 10.0. The third-order valence-electron chi connectivity index (χ3n) is 4.73. The monoisotopic (exact) mass is 427 g/mol. The van der Waals surface area contributed by atoms with Gasteiger partial charge in [-0.3, -0.25) is 0 Å². The summed E-state index contributed by atoms with van der Waals surface area (Å²) >= 11 is 0. The maximum Gasteiger partial charge on any atom is 0.339 e. The van der Waals surface area contributed by atoms with Gasteiger partial charge in [-0.1, -0.05) is 78.9 Å². The summed E-state index contributed by atoms with van der Waals surface area (Å²) in [6.45, 7) is 1.92. The molecule has 32 heavy (non-hydrogen) atoms. The highest BCUT2D eigenvalue weighted by atomic mass is 16.5. The van der Waals surface area contributed by atoms with Gasteiger partial charge in [0.2, 0.25) is 0 Å². The summed E-state index contributed by atoms with van der Waals surface area (Å²) in [5.74, 6) is -0.300. The molecule has 0 aliphatic rings. The Morgan fingerprint density at radius 1 is 0.781 bits per heavy atom. The van der Waals surface area contributed by atoms with Crippen LogP contribution in [0.15, 0.2) is 103 Å². The van der Waals surface area contributed by atoms with Gasteiger partial charge in [-0.25, -0.2) is 4.79 Å². The average Bonchev–Trinajstić information content (AvgIpc) is 2.82. The molecule has 0 spiro atoms. The predicted octanol–water partition coefficient (Wildman–Crippen LogP) is 5.84. The Balaban J connectivity index is 0.000000186. The van der Waals surface area contributed by atoms with Crippen LogP contribution in [-0.2, 0) is 0 Å². The van der Waals surface area contributed by atoms with Crippen LogP contribution in [0.25, 0.3) is 0 Å². The number of para-hydroxylation sites is 1. The van der Waals surface area contributed by atoms with Crippen molar-refractivity contribution in [2.45, 2.75) is 13.0 Å². The first kappa shape index (κ1) is 22.6. The van der Waals surface area contributed by atoms with Crippen molar-refractivity contribution in [2.24, 2.45) is 0 Å². The van der Waals surface area contributed by atoms with Crippen LogP contribution in [0.3, 0.4) is 0 Å². The number of nitrogen functional groups attached to an aromatic ring is 1. The van der Waals surface area contributed by atoms with Crippen molar-refractivity contribution < 1.29 is 19.7 Å². The highest BCUT2D eigenvalue weighted by Crippen LogP contribution is 2.30. The van der Waals surface area contributed by atoms with Crippen molar-refractivity contribution in [1.82, 2.24) is 0 Å². The van der Waals surface area contributed by atoms with Gasteiger partial charge >= 0.3 is 5.97 Å². The minimum Gasteiger partial charge on any atom is -0.478 e. The topological polar surface area (TPSA) is 92.8 Å². The molecule has 0 saturated carbocycles. The first-order valence-corrected chi connectivity index (χ1v) is 10.1. The Bertz CT molecular complexity index is 1120. The Kier molecular flexibility index (Phi) is 7.62. The summed E-state index contributed by atoms with van der Waals surface area (Å²) in [5, 5.41) is 19.0. The number of nitrogens with two attached hydrogens (primary N) is 1. The van der Waals surface area contributed by atoms with Crippen molar-refractivity contribution >= 4 is 11.7 Å². The Labute approximate surface area is 187 Å². The van der Waals surface area contributed by atoms with E-state index >= 15 is 0 Å². The maximum absolute atomic E-state index is 11.0. The molecule has 0 aliphatic carbocycles. The number of ether oxygens (including phenoxy) is 1. The van der Waals surface area contributed by atoms with Crippen LogP contribution in [0.1, 0.15) is 33.2 Å². The lowest BCUT2D eigenvalue weighted by Gasteiger charge is -2.10.